The number of nitrogens with zero attached hydrogens (tertiary/aromatic N) is 1. The number of allylic oxidation sites excluding steroid dienone is 4. The second kappa shape index (κ2) is 12.0. The highest BCUT2D eigenvalue weighted by Crippen LogP contribution is 2.36. The minimum absolute atomic E-state index is 0.457. The lowest BCUT2D eigenvalue weighted by atomic mass is 9.79. The van der Waals surface area contributed by atoms with E-state index in [1.807, 2.05) is 18.2 Å². The number of nitriles is 1. The van der Waals surface area contributed by atoms with Crippen LogP contribution in [0.25, 0.3) is 0 Å². The molecule has 0 bridgehead atoms. The van der Waals surface area contributed by atoms with Gasteiger partial charge < -0.3 is 4.74 Å². The average Bonchev–Trinajstić information content (AvgIpc) is 2.77. The number of hydrogen-bond donors (Lipinski definition) is 0. The van der Waals surface area contributed by atoms with Gasteiger partial charge in [-0.1, -0.05) is 55.8 Å². The van der Waals surface area contributed by atoms with Gasteiger partial charge in [0.1, 0.15) is 0 Å². The number of ether oxygens (including phenoxy) is 1. The van der Waals surface area contributed by atoms with Gasteiger partial charge in [0.25, 0.3) is 0 Å². The zero-order valence-electron chi connectivity index (χ0n) is 18.1. The molecular weight excluding hydrogens is 354 g/mol. The maximum atomic E-state index is 8.52. The topological polar surface area (TPSA) is 33.0 Å². The van der Waals surface area contributed by atoms with Gasteiger partial charge >= 0.3 is 0 Å². The Morgan fingerprint density at radius 3 is 2.34 bits per heavy atom. The molecule has 2 aliphatic rings. The van der Waals surface area contributed by atoms with Crippen molar-refractivity contribution in [3.05, 3.63) is 59.7 Å². The zero-order chi connectivity index (χ0) is 20.3. The third-order valence-electron chi connectivity index (χ3n) is 6.79. The van der Waals surface area contributed by atoms with Crippen LogP contribution >= 0.6 is 0 Å². The molecule has 2 saturated carbocycles. The summed E-state index contributed by atoms with van der Waals surface area (Å²) in [6.45, 7) is 3.20. The summed E-state index contributed by atoms with van der Waals surface area (Å²) >= 11 is 0. The first-order chi connectivity index (χ1) is 14.3. The minimum Gasteiger partial charge on any atom is -0.378 e. The maximum absolute atomic E-state index is 8.52. The fraction of sp³-hybridized carbons (Fsp3) is 0.593. The molecule has 29 heavy (non-hydrogen) atoms. The SMILES string of the molecule is CCCc1ccc(C2CCC(COC3CCC(/C=C/C=C/C#N)CC3)CC2)cc1. The van der Waals surface area contributed by atoms with Crippen molar-refractivity contribution < 1.29 is 4.74 Å². The lowest BCUT2D eigenvalue weighted by molar-refractivity contribution is -0.00456. The minimum atomic E-state index is 0.457. The molecule has 0 radical (unpaired) electrons. The predicted molar refractivity (Wildman–Crippen MR) is 121 cm³/mol. The van der Waals surface area contributed by atoms with Crippen LogP contribution in [-0.4, -0.2) is 12.7 Å². The molecule has 3 rings (SSSR count). The molecule has 156 valence electrons. The second-order valence-electron chi connectivity index (χ2n) is 8.95. The van der Waals surface area contributed by atoms with Crippen LogP contribution in [0.2, 0.25) is 0 Å². The quantitative estimate of drug-likeness (QED) is 0.349. The normalized spacial score (nSPS) is 28.0. The number of benzene rings is 1. The highest BCUT2D eigenvalue weighted by Gasteiger charge is 2.25. The smallest absolute Gasteiger partial charge is 0.0912 e. The standard InChI is InChI=1S/C27H37NO/c1-2-6-22-8-14-25(15-9-22)26-16-10-24(11-17-26)21-29-27-18-12-23(13-19-27)7-4-3-5-20-28/h3-5,7-9,14-15,23-24,26-27H,2,6,10-13,16-19,21H2,1H3/b5-3+,7-4+. The number of rotatable bonds is 8. The Hall–Kier alpha value is -1.85. The summed E-state index contributed by atoms with van der Waals surface area (Å²) in [5.41, 5.74) is 3.02. The Kier molecular flexibility index (Phi) is 9.03. The summed E-state index contributed by atoms with van der Waals surface area (Å²) in [6.07, 6.45) is 20.5. The highest BCUT2D eigenvalue weighted by atomic mass is 16.5. The van der Waals surface area contributed by atoms with Crippen molar-refractivity contribution in [2.24, 2.45) is 11.8 Å². The van der Waals surface area contributed by atoms with Crippen molar-refractivity contribution in [1.29, 1.82) is 5.26 Å². The third-order valence-corrected chi connectivity index (χ3v) is 6.79. The van der Waals surface area contributed by atoms with Crippen LogP contribution in [0.1, 0.15) is 81.8 Å². The highest BCUT2D eigenvalue weighted by molar-refractivity contribution is 5.26. The van der Waals surface area contributed by atoms with E-state index in [1.54, 1.807) is 5.56 Å². The monoisotopic (exact) mass is 391 g/mol. The Morgan fingerprint density at radius 1 is 0.966 bits per heavy atom. The van der Waals surface area contributed by atoms with E-state index in [0.717, 1.165) is 18.4 Å². The van der Waals surface area contributed by atoms with Crippen LogP contribution < -0.4 is 0 Å². The molecule has 2 fully saturated rings. The van der Waals surface area contributed by atoms with Crippen LogP contribution in [0.4, 0.5) is 0 Å². The Morgan fingerprint density at radius 2 is 1.69 bits per heavy atom. The van der Waals surface area contributed by atoms with Crippen LogP contribution in [0, 0.1) is 23.2 Å². The zero-order valence-corrected chi connectivity index (χ0v) is 18.1. The largest absolute Gasteiger partial charge is 0.378 e. The Bertz CT molecular complexity index is 680. The Labute approximate surface area is 177 Å². The fourth-order valence-corrected chi connectivity index (χ4v) is 4.95. The number of hydrogen-bond acceptors (Lipinski definition) is 2. The van der Waals surface area contributed by atoms with Gasteiger partial charge in [-0.05, 0) is 86.7 Å². The van der Waals surface area contributed by atoms with Crippen molar-refractivity contribution in [3.8, 4) is 6.07 Å². The van der Waals surface area contributed by atoms with Crippen molar-refractivity contribution >= 4 is 0 Å². The molecule has 0 spiro atoms. The van der Waals surface area contributed by atoms with Crippen molar-refractivity contribution in [2.45, 2.75) is 83.2 Å². The molecule has 0 aliphatic heterocycles. The summed E-state index contributed by atoms with van der Waals surface area (Å²) in [5.74, 6) is 2.15. The molecule has 2 nitrogen and oxygen atoms in total. The van der Waals surface area contributed by atoms with E-state index in [-0.39, 0.29) is 0 Å². The molecule has 0 N–H and O–H groups in total. The molecule has 0 heterocycles. The molecule has 2 aliphatic carbocycles. The van der Waals surface area contributed by atoms with Gasteiger partial charge in [0.15, 0.2) is 0 Å². The van der Waals surface area contributed by atoms with E-state index < -0.39 is 0 Å². The maximum Gasteiger partial charge on any atom is 0.0912 e. The van der Waals surface area contributed by atoms with Gasteiger partial charge in [-0.2, -0.15) is 5.26 Å². The lowest BCUT2D eigenvalue weighted by Crippen LogP contribution is -2.25. The summed E-state index contributed by atoms with van der Waals surface area (Å²) in [7, 11) is 0. The molecule has 0 saturated heterocycles. The molecule has 0 atom stereocenters. The second-order valence-corrected chi connectivity index (χ2v) is 8.95. The summed E-state index contributed by atoms with van der Waals surface area (Å²) in [5, 5.41) is 8.52. The van der Waals surface area contributed by atoms with Gasteiger partial charge in [0, 0.05) is 12.7 Å². The predicted octanol–water partition coefficient (Wildman–Crippen LogP) is 7.12. The first kappa shape index (κ1) is 21.8. The molecule has 0 unspecified atom stereocenters. The van der Waals surface area contributed by atoms with E-state index in [9.17, 15) is 0 Å². The molecule has 0 aromatic heterocycles. The lowest BCUT2D eigenvalue weighted by Gasteiger charge is -2.32. The van der Waals surface area contributed by atoms with Gasteiger partial charge in [-0.25, -0.2) is 0 Å². The van der Waals surface area contributed by atoms with Crippen molar-refractivity contribution in [3.63, 3.8) is 0 Å². The van der Waals surface area contributed by atoms with Gasteiger partial charge in [0.05, 0.1) is 12.2 Å². The number of aryl methyl sites for hydroxylation is 1. The molecule has 0 amide bonds. The van der Waals surface area contributed by atoms with E-state index in [2.05, 4.69) is 37.3 Å². The third kappa shape index (κ3) is 7.16. The average molecular weight is 392 g/mol. The summed E-state index contributed by atoms with van der Waals surface area (Å²) < 4.78 is 6.32. The van der Waals surface area contributed by atoms with E-state index in [4.69, 9.17) is 10.00 Å². The van der Waals surface area contributed by atoms with Crippen LogP contribution in [0.15, 0.2) is 48.6 Å². The fourth-order valence-electron chi connectivity index (χ4n) is 4.95. The van der Waals surface area contributed by atoms with Crippen LogP contribution in [0.5, 0.6) is 0 Å². The molecule has 2 heteroatoms. The molecule has 1 aromatic rings. The van der Waals surface area contributed by atoms with Crippen LogP contribution in [-0.2, 0) is 11.2 Å². The summed E-state index contributed by atoms with van der Waals surface area (Å²) in [6, 6.07) is 11.4. The van der Waals surface area contributed by atoms with Crippen molar-refractivity contribution in [2.75, 3.05) is 6.61 Å². The van der Waals surface area contributed by atoms with Gasteiger partial charge in [0.2, 0.25) is 0 Å². The van der Waals surface area contributed by atoms with E-state index in [0.29, 0.717) is 12.0 Å². The van der Waals surface area contributed by atoms with Gasteiger partial charge in [-0.3, -0.25) is 0 Å². The first-order valence-corrected chi connectivity index (χ1v) is 11.7. The van der Waals surface area contributed by atoms with E-state index in [1.165, 1.54) is 75.8 Å². The van der Waals surface area contributed by atoms with E-state index >= 15 is 0 Å². The molecule has 1 aromatic carbocycles. The Balaban J connectivity index is 1.33. The summed E-state index contributed by atoms with van der Waals surface area (Å²) in [4.78, 5) is 0. The van der Waals surface area contributed by atoms with Crippen molar-refractivity contribution in [1.82, 2.24) is 0 Å². The molecular formula is C27H37NO. The van der Waals surface area contributed by atoms with Crippen LogP contribution in [0.3, 0.4) is 0 Å². The van der Waals surface area contributed by atoms with Gasteiger partial charge in [-0.15, -0.1) is 0 Å². The first-order valence-electron chi connectivity index (χ1n) is 11.7.